The van der Waals surface area contributed by atoms with E-state index < -0.39 is 6.10 Å². The van der Waals surface area contributed by atoms with Crippen molar-refractivity contribution in [1.82, 2.24) is 0 Å². The van der Waals surface area contributed by atoms with E-state index in [1.165, 1.54) is 19.3 Å². The second-order valence-electron chi connectivity index (χ2n) is 6.42. The molecule has 0 amide bonds. The number of alkyl halides is 1. The molecule has 2 saturated carbocycles. The molecule has 2 heteroatoms. The van der Waals surface area contributed by atoms with Crippen molar-refractivity contribution in [2.45, 2.75) is 42.5 Å². The van der Waals surface area contributed by atoms with Gasteiger partial charge in [0.05, 0.1) is 10.4 Å². The number of aliphatic hydroxyl groups is 1. The Morgan fingerprint density at radius 1 is 1.00 bits per heavy atom. The summed E-state index contributed by atoms with van der Waals surface area (Å²) in [5, 5.41) is 11.0. The molecule has 2 fully saturated rings. The zero-order valence-corrected chi connectivity index (χ0v) is 12.6. The second kappa shape index (κ2) is 3.73. The van der Waals surface area contributed by atoms with Crippen molar-refractivity contribution < 1.29 is 5.11 Å². The smallest absolute Gasteiger partial charge is 0.0954 e. The first-order valence-corrected chi connectivity index (χ1v) is 8.04. The Bertz CT molecular complexity index is 515. The predicted octanol–water partition coefficient (Wildman–Crippen LogP) is 4.37. The van der Waals surface area contributed by atoms with Crippen LogP contribution in [0.3, 0.4) is 0 Å². The molecule has 1 N–H and O–H groups in total. The van der Waals surface area contributed by atoms with Crippen molar-refractivity contribution in [3.63, 3.8) is 0 Å². The maximum absolute atomic E-state index is 11.0. The van der Waals surface area contributed by atoms with Crippen molar-refractivity contribution >= 4 is 15.9 Å². The maximum atomic E-state index is 11.0. The van der Waals surface area contributed by atoms with Crippen LogP contribution in [0.25, 0.3) is 0 Å². The minimum absolute atomic E-state index is 0.115. The molecule has 0 radical (unpaired) electrons. The van der Waals surface area contributed by atoms with E-state index in [-0.39, 0.29) is 4.32 Å². The van der Waals surface area contributed by atoms with E-state index in [1.807, 2.05) is 18.2 Å². The fraction of sp³-hybridized carbons (Fsp3) is 0.529. The van der Waals surface area contributed by atoms with Crippen molar-refractivity contribution in [2.24, 2.45) is 10.8 Å². The first-order chi connectivity index (χ1) is 9.18. The Morgan fingerprint density at radius 2 is 1.58 bits per heavy atom. The van der Waals surface area contributed by atoms with E-state index in [9.17, 15) is 5.11 Å². The molecule has 3 aliphatic rings. The van der Waals surface area contributed by atoms with Crippen LogP contribution in [-0.4, -0.2) is 9.43 Å². The van der Waals surface area contributed by atoms with Crippen LogP contribution in [-0.2, 0) is 0 Å². The topological polar surface area (TPSA) is 20.2 Å². The van der Waals surface area contributed by atoms with Gasteiger partial charge in [0.25, 0.3) is 0 Å². The fourth-order valence-corrected chi connectivity index (χ4v) is 6.85. The zero-order chi connectivity index (χ0) is 13.1. The largest absolute Gasteiger partial charge is 0.387 e. The number of allylic oxidation sites excluding steroid dienone is 2. The summed E-state index contributed by atoms with van der Waals surface area (Å²) in [5.41, 5.74) is 1.64. The van der Waals surface area contributed by atoms with Crippen LogP contribution in [0.15, 0.2) is 42.5 Å². The molecule has 0 bridgehead atoms. The highest BCUT2D eigenvalue weighted by Gasteiger charge is 2.88. The van der Waals surface area contributed by atoms with E-state index in [2.05, 4.69) is 40.2 Å². The van der Waals surface area contributed by atoms with E-state index >= 15 is 0 Å². The molecule has 0 aromatic heterocycles. The van der Waals surface area contributed by atoms with E-state index in [1.54, 1.807) is 0 Å². The zero-order valence-electron chi connectivity index (χ0n) is 11.0. The average molecular weight is 319 g/mol. The van der Waals surface area contributed by atoms with E-state index in [0.29, 0.717) is 10.8 Å². The molecule has 0 spiro atoms. The third-order valence-corrected chi connectivity index (χ3v) is 8.00. The molecule has 0 heterocycles. The minimum atomic E-state index is -0.395. The predicted molar refractivity (Wildman–Crippen MR) is 80.2 cm³/mol. The number of benzene rings is 1. The lowest BCUT2D eigenvalue weighted by Gasteiger charge is -2.26. The maximum Gasteiger partial charge on any atom is 0.0954 e. The minimum Gasteiger partial charge on any atom is -0.387 e. The lowest BCUT2D eigenvalue weighted by Crippen LogP contribution is -2.25. The summed E-state index contributed by atoms with van der Waals surface area (Å²) >= 11 is 4.02. The van der Waals surface area contributed by atoms with Gasteiger partial charge < -0.3 is 5.11 Å². The van der Waals surface area contributed by atoms with E-state index in [4.69, 9.17) is 0 Å². The summed E-state index contributed by atoms with van der Waals surface area (Å²) in [4.78, 5) is 0. The highest BCUT2D eigenvalue weighted by molar-refractivity contribution is 9.10. The molecule has 3 aliphatic carbocycles. The van der Waals surface area contributed by atoms with Gasteiger partial charge in [-0.05, 0) is 42.1 Å². The summed E-state index contributed by atoms with van der Waals surface area (Å²) in [6.45, 7) is 0. The molecule has 1 aromatic rings. The van der Waals surface area contributed by atoms with Gasteiger partial charge in [0.1, 0.15) is 0 Å². The molecule has 4 atom stereocenters. The summed E-state index contributed by atoms with van der Waals surface area (Å²) in [5.74, 6) is 0. The van der Waals surface area contributed by atoms with Crippen molar-refractivity contribution in [3.05, 3.63) is 48.0 Å². The van der Waals surface area contributed by atoms with Crippen molar-refractivity contribution in [1.29, 1.82) is 0 Å². The van der Waals surface area contributed by atoms with Crippen LogP contribution in [0.4, 0.5) is 0 Å². The lowest BCUT2D eigenvalue weighted by molar-refractivity contribution is 0.139. The number of hydrogen-bond donors (Lipinski definition) is 1. The van der Waals surface area contributed by atoms with Gasteiger partial charge in [-0.15, -0.1) is 0 Å². The Balaban J connectivity index is 1.77. The number of halogens is 1. The van der Waals surface area contributed by atoms with Crippen LogP contribution in [0, 0.1) is 10.8 Å². The van der Waals surface area contributed by atoms with Gasteiger partial charge >= 0.3 is 0 Å². The monoisotopic (exact) mass is 318 g/mol. The highest BCUT2D eigenvalue weighted by Crippen LogP contribution is 2.90. The van der Waals surface area contributed by atoms with Crippen molar-refractivity contribution in [2.75, 3.05) is 0 Å². The molecular weight excluding hydrogens is 300 g/mol. The highest BCUT2D eigenvalue weighted by atomic mass is 79.9. The molecule has 0 saturated heterocycles. The third-order valence-electron chi connectivity index (χ3n) is 6.04. The van der Waals surface area contributed by atoms with Crippen LogP contribution in [0.1, 0.15) is 43.8 Å². The van der Waals surface area contributed by atoms with Crippen LogP contribution in [0.5, 0.6) is 0 Å². The number of rotatable bonds is 2. The molecule has 1 nitrogen and oxygen atoms in total. The molecule has 19 heavy (non-hydrogen) atoms. The van der Waals surface area contributed by atoms with Gasteiger partial charge in [0, 0.05) is 0 Å². The summed E-state index contributed by atoms with van der Waals surface area (Å²) < 4.78 is -0.115. The summed E-state index contributed by atoms with van der Waals surface area (Å²) in [6, 6.07) is 10.1. The Hall–Kier alpha value is -0.600. The lowest BCUT2D eigenvalue weighted by atomic mass is 9.86. The van der Waals surface area contributed by atoms with Gasteiger partial charge in [-0.25, -0.2) is 0 Å². The summed E-state index contributed by atoms with van der Waals surface area (Å²) in [7, 11) is 0. The van der Waals surface area contributed by atoms with E-state index in [0.717, 1.165) is 18.4 Å². The molecular formula is C17H19BrO. The summed E-state index contributed by atoms with van der Waals surface area (Å²) in [6.07, 6.45) is 10.3. The van der Waals surface area contributed by atoms with Crippen LogP contribution >= 0.6 is 15.9 Å². The Morgan fingerprint density at radius 3 is 2.16 bits per heavy atom. The van der Waals surface area contributed by atoms with Crippen molar-refractivity contribution in [3.8, 4) is 0 Å². The third kappa shape index (κ3) is 1.17. The molecule has 2 unspecified atom stereocenters. The average Bonchev–Trinajstić information content (AvgIpc) is 2.75. The Labute approximate surface area is 122 Å². The second-order valence-corrected chi connectivity index (χ2v) is 7.67. The molecule has 1 aromatic carbocycles. The molecule has 4 rings (SSSR count). The first kappa shape index (κ1) is 12.2. The van der Waals surface area contributed by atoms with Crippen LogP contribution in [0.2, 0.25) is 0 Å². The van der Waals surface area contributed by atoms with Crippen LogP contribution < -0.4 is 0 Å². The van der Waals surface area contributed by atoms with Gasteiger partial charge in [0.2, 0.25) is 0 Å². The van der Waals surface area contributed by atoms with Gasteiger partial charge in [-0.3, -0.25) is 0 Å². The SMILES string of the molecule is OC(c1ccccc1)C1(Br)[C@@]23CC=CC[C@@]12CCC3. The quantitative estimate of drug-likeness (QED) is 0.634. The standard InChI is InChI=1S/C17H19BrO/c18-17(14(19)13-7-2-1-3-8-13)15-9-4-5-10-16(15,17)12-6-11-15/h1-5,7-8,14,19H,6,9-12H2/t14?,15-,16+,17?. The normalized spacial score (nSPS) is 44.5. The number of aliphatic hydroxyl groups excluding tert-OH is 1. The van der Waals surface area contributed by atoms with Gasteiger partial charge in [-0.2, -0.15) is 0 Å². The van der Waals surface area contributed by atoms with Gasteiger partial charge in [0.15, 0.2) is 0 Å². The fourth-order valence-electron chi connectivity index (χ4n) is 5.21. The Kier molecular flexibility index (Phi) is 2.39. The first-order valence-electron chi connectivity index (χ1n) is 7.25. The molecule has 0 aliphatic heterocycles. The van der Waals surface area contributed by atoms with Gasteiger partial charge in [-0.1, -0.05) is 64.8 Å². The number of hydrogen-bond acceptors (Lipinski definition) is 1. The molecule has 100 valence electrons.